The zero-order valence-electron chi connectivity index (χ0n) is 12.0. The van der Waals surface area contributed by atoms with E-state index >= 15 is 0 Å². The molecule has 3 aromatic heterocycles. The third kappa shape index (κ3) is 2.43. The van der Waals surface area contributed by atoms with Gasteiger partial charge in [-0.2, -0.15) is 5.10 Å². The second kappa shape index (κ2) is 5.42. The minimum absolute atomic E-state index is 0.757. The van der Waals surface area contributed by atoms with Crippen molar-refractivity contribution >= 4 is 39.0 Å². The normalized spacial score (nSPS) is 11.6. The van der Waals surface area contributed by atoms with Crippen LogP contribution in [0.3, 0.4) is 0 Å². The van der Waals surface area contributed by atoms with E-state index < -0.39 is 5.97 Å². The van der Waals surface area contributed by atoms with E-state index in [1.807, 2.05) is 36.9 Å². The molecule has 0 aromatic carbocycles. The van der Waals surface area contributed by atoms with E-state index in [0.717, 1.165) is 38.7 Å². The quantitative estimate of drug-likeness (QED) is 0.728. The van der Waals surface area contributed by atoms with Gasteiger partial charge in [0.15, 0.2) is 0 Å². The second-order valence-corrected chi connectivity index (χ2v) is 5.79. The Morgan fingerprint density at radius 1 is 1.45 bits per heavy atom. The van der Waals surface area contributed by atoms with Crippen molar-refractivity contribution in [2.24, 2.45) is 7.05 Å². The number of carbonyl (C=O) groups is 1. The molecule has 0 atom stereocenters. The third-order valence-electron chi connectivity index (χ3n) is 3.35. The maximum absolute atomic E-state index is 10.8. The number of nitrogens with zero attached hydrogens (tertiary/aromatic N) is 4. The Hall–Kier alpha value is -2.41. The summed E-state index contributed by atoms with van der Waals surface area (Å²) < 4.78 is 4.54. The van der Waals surface area contributed by atoms with E-state index in [1.54, 1.807) is 17.0 Å². The highest BCUT2D eigenvalue weighted by atomic mass is 79.9. The lowest BCUT2D eigenvalue weighted by Gasteiger charge is -2.07. The van der Waals surface area contributed by atoms with E-state index in [-0.39, 0.29) is 0 Å². The number of aromatic nitrogens is 4. The van der Waals surface area contributed by atoms with E-state index in [9.17, 15) is 4.79 Å². The predicted octanol–water partition coefficient (Wildman–Crippen LogP) is 2.93. The zero-order chi connectivity index (χ0) is 15.9. The average Bonchev–Trinajstić information content (AvgIpc) is 2.96. The lowest BCUT2D eigenvalue weighted by molar-refractivity contribution is -0.131. The van der Waals surface area contributed by atoms with Crippen LogP contribution in [0.25, 0.3) is 22.9 Å². The number of halogens is 1. The summed E-state index contributed by atoms with van der Waals surface area (Å²) in [4.78, 5) is 15.2. The molecule has 3 heterocycles. The van der Waals surface area contributed by atoms with Gasteiger partial charge in [0.1, 0.15) is 11.5 Å². The molecule has 0 saturated heterocycles. The Morgan fingerprint density at radius 3 is 2.95 bits per heavy atom. The summed E-state index contributed by atoms with van der Waals surface area (Å²) in [7, 11) is 1.82. The van der Waals surface area contributed by atoms with E-state index in [1.165, 1.54) is 0 Å². The maximum atomic E-state index is 10.8. The van der Waals surface area contributed by atoms with E-state index in [0.29, 0.717) is 0 Å². The molecule has 0 unspecified atom stereocenters. The van der Waals surface area contributed by atoms with Gasteiger partial charge >= 0.3 is 5.97 Å². The van der Waals surface area contributed by atoms with Gasteiger partial charge in [-0.3, -0.25) is 9.25 Å². The molecule has 0 saturated carbocycles. The molecule has 112 valence electrons. The number of aliphatic carboxylic acids is 1. The molecule has 0 aliphatic carbocycles. The van der Waals surface area contributed by atoms with Gasteiger partial charge in [0.25, 0.3) is 0 Å². The average molecular weight is 361 g/mol. The highest BCUT2D eigenvalue weighted by Crippen LogP contribution is 2.25. The van der Waals surface area contributed by atoms with Gasteiger partial charge in [0.2, 0.25) is 0 Å². The van der Waals surface area contributed by atoms with Crippen LogP contribution in [0.5, 0.6) is 0 Å². The van der Waals surface area contributed by atoms with Crippen molar-refractivity contribution < 1.29 is 9.90 Å². The summed E-state index contributed by atoms with van der Waals surface area (Å²) in [6.07, 6.45) is 6.31. The molecule has 22 heavy (non-hydrogen) atoms. The van der Waals surface area contributed by atoms with Gasteiger partial charge in [-0.1, -0.05) is 0 Å². The zero-order valence-corrected chi connectivity index (χ0v) is 13.6. The van der Waals surface area contributed by atoms with Crippen molar-refractivity contribution in [2.75, 3.05) is 0 Å². The third-order valence-corrected chi connectivity index (χ3v) is 3.78. The van der Waals surface area contributed by atoms with Gasteiger partial charge in [-0.15, -0.1) is 0 Å². The SMILES string of the molecule is Cc1nn(C)c(-n2ccc3cc(Br)cnc32)c1/C=C/C(=O)O. The van der Waals surface area contributed by atoms with Crippen LogP contribution in [-0.2, 0) is 11.8 Å². The molecule has 0 bridgehead atoms. The second-order valence-electron chi connectivity index (χ2n) is 4.87. The number of fused-ring (bicyclic) bond motifs is 1. The van der Waals surface area contributed by atoms with Crippen LogP contribution in [0, 0.1) is 6.92 Å². The Labute approximate surface area is 134 Å². The van der Waals surface area contributed by atoms with Crippen molar-refractivity contribution in [1.29, 1.82) is 0 Å². The van der Waals surface area contributed by atoms with Crippen LogP contribution < -0.4 is 0 Å². The van der Waals surface area contributed by atoms with Gasteiger partial charge in [0, 0.05) is 40.9 Å². The summed E-state index contributed by atoms with van der Waals surface area (Å²) in [5.74, 6) is -0.214. The van der Waals surface area contributed by atoms with Crippen LogP contribution in [0.1, 0.15) is 11.3 Å². The molecule has 0 spiro atoms. The molecule has 1 N–H and O–H groups in total. The molecular weight excluding hydrogens is 348 g/mol. The first-order chi connectivity index (χ1) is 10.5. The summed E-state index contributed by atoms with van der Waals surface area (Å²) in [6, 6.07) is 3.94. The lowest BCUT2D eigenvalue weighted by Crippen LogP contribution is -2.04. The number of hydrogen-bond acceptors (Lipinski definition) is 3. The molecule has 0 radical (unpaired) electrons. The van der Waals surface area contributed by atoms with Gasteiger partial charge in [-0.25, -0.2) is 9.78 Å². The molecule has 0 aliphatic rings. The number of carboxylic acid groups (broad SMARTS) is 1. The first-order valence-corrected chi connectivity index (χ1v) is 7.34. The van der Waals surface area contributed by atoms with Gasteiger partial charge in [-0.05, 0) is 41.1 Å². The van der Waals surface area contributed by atoms with Gasteiger partial charge in [0.05, 0.1) is 5.69 Å². The van der Waals surface area contributed by atoms with Crippen LogP contribution in [0.2, 0.25) is 0 Å². The minimum Gasteiger partial charge on any atom is -0.478 e. The number of carboxylic acids is 1. The molecule has 0 aliphatic heterocycles. The molecular formula is C15H13BrN4O2. The standard InChI is InChI=1S/C15H13BrN4O2/c1-9-12(3-4-13(21)22)15(19(2)18-9)20-6-5-10-7-11(16)8-17-14(10)20/h3-8H,1-2H3,(H,21,22)/b4-3+. The van der Waals surface area contributed by atoms with Gasteiger partial charge < -0.3 is 5.11 Å². The van der Waals surface area contributed by atoms with Crippen molar-refractivity contribution in [2.45, 2.75) is 6.92 Å². The van der Waals surface area contributed by atoms with E-state index in [4.69, 9.17) is 5.11 Å². The van der Waals surface area contributed by atoms with Crippen molar-refractivity contribution in [3.63, 3.8) is 0 Å². The maximum Gasteiger partial charge on any atom is 0.328 e. The molecule has 6 nitrogen and oxygen atoms in total. The largest absolute Gasteiger partial charge is 0.478 e. The lowest BCUT2D eigenvalue weighted by atomic mass is 10.2. The summed E-state index contributed by atoms with van der Waals surface area (Å²) in [5, 5.41) is 14.2. The monoisotopic (exact) mass is 360 g/mol. The number of pyridine rings is 1. The highest BCUT2D eigenvalue weighted by molar-refractivity contribution is 9.10. The summed E-state index contributed by atoms with van der Waals surface area (Å²) >= 11 is 3.41. The molecule has 7 heteroatoms. The van der Waals surface area contributed by atoms with Crippen LogP contribution in [0.4, 0.5) is 0 Å². The summed E-state index contributed by atoms with van der Waals surface area (Å²) in [5.41, 5.74) is 2.30. The van der Waals surface area contributed by atoms with Crippen molar-refractivity contribution in [3.05, 3.63) is 46.3 Å². The van der Waals surface area contributed by atoms with Crippen LogP contribution in [0.15, 0.2) is 35.1 Å². The Balaban J connectivity index is 2.24. The highest BCUT2D eigenvalue weighted by Gasteiger charge is 2.15. The smallest absolute Gasteiger partial charge is 0.328 e. The number of hydrogen-bond donors (Lipinski definition) is 1. The molecule has 0 amide bonds. The fraction of sp³-hybridized carbons (Fsp3) is 0.133. The topological polar surface area (TPSA) is 72.9 Å². The van der Waals surface area contributed by atoms with Crippen molar-refractivity contribution in [1.82, 2.24) is 19.3 Å². The fourth-order valence-electron chi connectivity index (χ4n) is 2.47. The first kappa shape index (κ1) is 14.5. The van der Waals surface area contributed by atoms with Crippen LogP contribution >= 0.6 is 15.9 Å². The minimum atomic E-state index is -0.992. The molecule has 3 aromatic rings. The summed E-state index contributed by atoms with van der Waals surface area (Å²) in [6.45, 7) is 1.85. The Bertz CT molecular complexity index is 908. The Kier molecular flexibility index (Phi) is 3.58. The van der Waals surface area contributed by atoms with Crippen LogP contribution in [-0.4, -0.2) is 30.4 Å². The van der Waals surface area contributed by atoms with Crippen molar-refractivity contribution in [3.8, 4) is 5.82 Å². The fourth-order valence-corrected chi connectivity index (χ4v) is 2.81. The Morgan fingerprint density at radius 2 is 2.23 bits per heavy atom. The molecule has 0 fully saturated rings. The predicted molar refractivity (Wildman–Crippen MR) is 86.9 cm³/mol. The molecule has 3 rings (SSSR count). The first-order valence-electron chi connectivity index (χ1n) is 6.55. The number of rotatable bonds is 3. The number of aryl methyl sites for hydroxylation is 2. The van der Waals surface area contributed by atoms with E-state index in [2.05, 4.69) is 26.0 Å².